The molecular weight excluding hydrogens is 332 g/mol. The number of aliphatic imine (C=N–C) groups is 1. The van der Waals surface area contributed by atoms with Gasteiger partial charge in [-0.05, 0) is 48.9 Å². The number of hydrogen-bond acceptors (Lipinski definition) is 3. The van der Waals surface area contributed by atoms with Crippen LogP contribution >= 0.6 is 27.7 Å². The molecule has 110 valence electrons. The van der Waals surface area contributed by atoms with Gasteiger partial charge in [-0.2, -0.15) is 0 Å². The zero-order chi connectivity index (χ0) is 14.9. The standard InChI is InChI=1S/C16H23BrN2S/c1-10-8-12(9-11(2)14(10)17)18-15-19-13(6-7-20-15)16(3,4)5/h8-9,13H,6-7H2,1-5H3,(H,18,19). The van der Waals surface area contributed by atoms with Gasteiger partial charge in [0.1, 0.15) is 0 Å². The number of halogens is 1. The van der Waals surface area contributed by atoms with Gasteiger partial charge in [0.25, 0.3) is 0 Å². The van der Waals surface area contributed by atoms with Gasteiger partial charge in [0, 0.05) is 15.9 Å². The average molecular weight is 355 g/mol. The Morgan fingerprint density at radius 1 is 1.25 bits per heavy atom. The summed E-state index contributed by atoms with van der Waals surface area (Å²) in [5.41, 5.74) is 3.87. The molecule has 2 nitrogen and oxygen atoms in total. The molecule has 0 spiro atoms. The molecule has 0 fully saturated rings. The first-order valence-corrected chi connectivity index (χ1v) is 8.79. The first-order valence-electron chi connectivity index (χ1n) is 7.02. The van der Waals surface area contributed by atoms with Gasteiger partial charge in [-0.15, -0.1) is 0 Å². The lowest BCUT2D eigenvalue weighted by atomic mass is 9.85. The average Bonchev–Trinajstić information content (AvgIpc) is 2.35. The molecule has 1 atom stereocenters. The van der Waals surface area contributed by atoms with Crippen molar-refractivity contribution in [2.75, 3.05) is 11.1 Å². The molecule has 1 unspecified atom stereocenters. The van der Waals surface area contributed by atoms with E-state index in [0.29, 0.717) is 6.04 Å². The number of anilines is 1. The lowest BCUT2D eigenvalue weighted by Crippen LogP contribution is -2.30. The molecule has 0 saturated carbocycles. The molecular formula is C16H23BrN2S. The second kappa shape index (κ2) is 6.10. The minimum absolute atomic E-state index is 0.236. The van der Waals surface area contributed by atoms with Gasteiger partial charge in [0.2, 0.25) is 0 Å². The number of nitrogens with one attached hydrogen (secondary N) is 1. The molecule has 4 heteroatoms. The van der Waals surface area contributed by atoms with Crippen LogP contribution in [0.5, 0.6) is 0 Å². The second-order valence-corrected chi connectivity index (χ2v) is 8.38. The lowest BCUT2D eigenvalue weighted by molar-refractivity contribution is 0.316. The van der Waals surface area contributed by atoms with Crippen molar-refractivity contribution in [3.63, 3.8) is 0 Å². The van der Waals surface area contributed by atoms with Crippen LogP contribution in [-0.4, -0.2) is 17.0 Å². The molecule has 2 rings (SSSR count). The summed E-state index contributed by atoms with van der Waals surface area (Å²) in [5.74, 6) is 1.14. The van der Waals surface area contributed by atoms with Crippen LogP contribution in [0.4, 0.5) is 5.69 Å². The highest BCUT2D eigenvalue weighted by Gasteiger charge is 2.27. The summed E-state index contributed by atoms with van der Waals surface area (Å²) < 4.78 is 1.19. The van der Waals surface area contributed by atoms with Crippen LogP contribution in [0.25, 0.3) is 0 Å². The van der Waals surface area contributed by atoms with Gasteiger partial charge in [0.15, 0.2) is 5.17 Å². The van der Waals surface area contributed by atoms with Crippen molar-refractivity contribution in [2.24, 2.45) is 10.4 Å². The third-order valence-corrected chi connectivity index (χ3v) is 5.76. The third-order valence-electron chi connectivity index (χ3n) is 3.59. The molecule has 0 saturated heterocycles. The van der Waals surface area contributed by atoms with E-state index in [9.17, 15) is 0 Å². The van der Waals surface area contributed by atoms with Crippen molar-refractivity contribution in [3.05, 3.63) is 27.7 Å². The molecule has 0 radical (unpaired) electrons. The second-order valence-electron chi connectivity index (χ2n) is 6.50. The quantitative estimate of drug-likeness (QED) is 0.731. The van der Waals surface area contributed by atoms with Crippen LogP contribution in [0.15, 0.2) is 21.6 Å². The first-order chi connectivity index (χ1) is 9.27. The molecule has 1 heterocycles. The van der Waals surface area contributed by atoms with E-state index in [1.165, 1.54) is 15.6 Å². The molecule has 1 N–H and O–H groups in total. The Labute approximate surface area is 135 Å². The first kappa shape index (κ1) is 15.9. The van der Waals surface area contributed by atoms with E-state index in [1.54, 1.807) is 0 Å². The highest BCUT2D eigenvalue weighted by molar-refractivity contribution is 9.10. The van der Waals surface area contributed by atoms with Crippen LogP contribution < -0.4 is 5.32 Å². The van der Waals surface area contributed by atoms with Gasteiger partial charge in [-0.1, -0.05) is 48.5 Å². The summed E-state index contributed by atoms with van der Waals surface area (Å²) in [6.07, 6.45) is 1.16. The van der Waals surface area contributed by atoms with Gasteiger partial charge >= 0.3 is 0 Å². The van der Waals surface area contributed by atoms with Crippen LogP contribution in [-0.2, 0) is 0 Å². The van der Waals surface area contributed by atoms with Crippen LogP contribution in [0.3, 0.4) is 0 Å². The highest BCUT2D eigenvalue weighted by Crippen LogP contribution is 2.32. The van der Waals surface area contributed by atoms with Gasteiger partial charge < -0.3 is 5.32 Å². The van der Waals surface area contributed by atoms with Gasteiger partial charge in [-0.25, -0.2) is 0 Å². The maximum Gasteiger partial charge on any atom is 0.161 e. The van der Waals surface area contributed by atoms with E-state index in [2.05, 4.69) is 68.0 Å². The summed E-state index contributed by atoms with van der Waals surface area (Å²) in [4.78, 5) is 4.89. The van der Waals surface area contributed by atoms with Gasteiger partial charge in [-0.3, -0.25) is 4.99 Å². The minimum atomic E-state index is 0.236. The van der Waals surface area contributed by atoms with E-state index >= 15 is 0 Å². The predicted molar refractivity (Wildman–Crippen MR) is 95.0 cm³/mol. The fourth-order valence-electron chi connectivity index (χ4n) is 2.35. The number of benzene rings is 1. The number of thioether (sulfide) groups is 1. The number of amidine groups is 1. The Bertz CT molecular complexity index is 509. The van der Waals surface area contributed by atoms with Crippen molar-refractivity contribution >= 4 is 38.5 Å². The summed E-state index contributed by atoms with van der Waals surface area (Å²) >= 11 is 5.43. The zero-order valence-electron chi connectivity index (χ0n) is 12.9. The molecule has 0 aliphatic carbocycles. The van der Waals surface area contributed by atoms with E-state index in [-0.39, 0.29) is 5.41 Å². The van der Waals surface area contributed by atoms with Crippen molar-refractivity contribution in [1.82, 2.24) is 0 Å². The monoisotopic (exact) mass is 354 g/mol. The number of rotatable bonds is 1. The van der Waals surface area contributed by atoms with E-state index < -0.39 is 0 Å². The Balaban J connectivity index is 2.19. The van der Waals surface area contributed by atoms with Crippen molar-refractivity contribution in [1.29, 1.82) is 0 Å². The number of hydrogen-bond donors (Lipinski definition) is 1. The predicted octanol–water partition coefficient (Wildman–Crippen LogP) is 5.39. The Morgan fingerprint density at radius 2 is 1.85 bits per heavy atom. The molecule has 1 aliphatic rings. The van der Waals surface area contributed by atoms with Gasteiger partial charge in [0.05, 0.1) is 6.04 Å². The summed E-state index contributed by atoms with van der Waals surface area (Å²) in [7, 11) is 0. The molecule has 0 bridgehead atoms. The van der Waals surface area contributed by atoms with Crippen molar-refractivity contribution in [3.8, 4) is 0 Å². The SMILES string of the molecule is Cc1cc(NC2=NC(C(C)(C)C)CCS2)cc(C)c1Br. The van der Waals surface area contributed by atoms with E-state index in [1.807, 2.05) is 11.8 Å². The largest absolute Gasteiger partial charge is 0.335 e. The molecule has 0 amide bonds. The van der Waals surface area contributed by atoms with Crippen LogP contribution in [0.1, 0.15) is 38.3 Å². The summed E-state index contributed by atoms with van der Waals surface area (Å²) in [5, 5.41) is 4.54. The van der Waals surface area contributed by atoms with E-state index in [4.69, 9.17) is 4.99 Å². The number of aryl methyl sites for hydroxylation is 2. The van der Waals surface area contributed by atoms with Crippen molar-refractivity contribution < 1.29 is 0 Å². The molecule has 1 aromatic carbocycles. The smallest absolute Gasteiger partial charge is 0.161 e. The highest BCUT2D eigenvalue weighted by atomic mass is 79.9. The lowest BCUT2D eigenvalue weighted by Gasteiger charge is -2.31. The normalized spacial score (nSPS) is 19.7. The zero-order valence-corrected chi connectivity index (χ0v) is 15.3. The summed E-state index contributed by atoms with van der Waals surface area (Å²) in [6, 6.07) is 4.74. The van der Waals surface area contributed by atoms with Crippen LogP contribution in [0, 0.1) is 19.3 Å². The van der Waals surface area contributed by atoms with Crippen molar-refractivity contribution in [2.45, 2.75) is 47.1 Å². The molecule has 0 aromatic heterocycles. The maximum atomic E-state index is 4.89. The van der Waals surface area contributed by atoms with Crippen LogP contribution in [0.2, 0.25) is 0 Å². The molecule has 20 heavy (non-hydrogen) atoms. The molecule has 1 aromatic rings. The maximum absolute atomic E-state index is 4.89. The van der Waals surface area contributed by atoms with E-state index in [0.717, 1.165) is 23.0 Å². The number of nitrogens with zero attached hydrogens (tertiary/aromatic N) is 1. The minimum Gasteiger partial charge on any atom is -0.335 e. The Hall–Kier alpha value is -0.480. The Morgan fingerprint density at radius 3 is 2.40 bits per heavy atom. The summed E-state index contributed by atoms with van der Waals surface area (Å²) in [6.45, 7) is 11.0. The fourth-order valence-corrected chi connectivity index (χ4v) is 3.50. The molecule has 1 aliphatic heterocycles. The topological polar surface area (TPSA) is 24.4 Å². The fraction of sp³-hybridized carbons (Fsp3) is 0.562. The Kier molecular flexibility index (Phi) is 4.85. The third kappa shape index (κ3) is 3.79.